The van der Waals surface area contributed by atoms with Gasteiger partial charge in [-0.15, -0.1) is 0 Å². The summed E-state index contributed by atoms with van der Waals surface area (Å²) in [7, 11) is 0. The topological polar surface area (TPSA) is 37.3 Å². The Labute approximate surface area is 120 Å². The molecule has 0 heterocycles. The number of carboxylic acid groups (broad SMARTS) is 1. The van der Waals surface area contributed by atoms with Crippen molar-refractivity contribution in [2.75, 3.05) is 5.83 Å². The molecular weight excluding hydrogens is 311 g/mol. The van der Waals surface area contributed by atoms with Crippen molar-refractivity contribution >= 4 is 21.9 Å². The Morgan fingerprint density at radius 3 is 1.53 bits per heavy atom. The molecule has 0 radical (unpaired) electrons. The van der Waals surface area contributed by atoms with Crippen LogP contribution in [0, 0.1) is 0 Å². The molecule has 0 aliphatic rings. The van der Waals surface area contributed by atoms with Gasteiger partial charge in [0.15, 0.2) is 0 Å². The second-order valence-corrected chi connectivity index (χ2v) is 3.70. The Morgan fingerprint density at radius 1 is 0.947 bits per heavy atom. The molecular formula is C15H14BrFO2. The maximum Gasteiger partial charge on any atom is 0.350 e. The molecule has 0 bridgehead atoms. The second kappa shape index (κ2) is 7.04. The zero-order valence-corrected chi connectivity index (χ0v) is 12.0. The number of carbonyl (C=O) groups is 1. The zero-order chi connectivity index (χ0) is 14.3. The van der Waals surface area contributed by atoms with Crippen LogP contribution >= 0.6 is 15.9 Å². The highest BCUT2D eigenvalue weighted by atomic mass is 79.9. The van der Waals surface area contributed by atoms with Gasteiger partial charge in [-0.1, -0.05) is 76.6 Å². The Bertz CT molecular complexity index is 475. The average molecular weight is 325 g/mol. The van der Waals surface area contributed by atoms with E-state index in [0.29, 0.717) is 0 Å². The molecule has 0 fully saturated rings. The number of hydrogen-bond acceptors (Lipinski definition) is 1. The summed E-state index contributed by atoms with van der Waals surface area (Å²) in [5.41, 5.74) is -2.25. The molecule has 0 unspecified atom stereocenters. The molecule has 2 nitrogen and oxygen atoms in total. The van der Waals surface area contributed by atoms with E-state index in [-0.39, 0.29) is 11.1 Å². The minimum absolute atomic E-state index is 0.124. The number of alkyl halides is 2. The molecule has 0 saturated carbocycles. The van der Waals surface area contributed by atoms with Crippen LogP contribution in [0.4, 0.5) is 4.39 Å². The van der Waals surface area contributed by atoms with Crippen LogP contribution in [0.1, 0.15) is 11.1 Å². The number of hydrogen-bond donors (Lipinski definition) is 1. The maximum atomic E-state index is 14.8. The molecule has 0 atom stereocenters. The monoisotopic (exact) mass is 324 g/mol. The van der Waals surface area contributed by atoms with Gasteiger partial charge in [-0.05, 0) is 5.83 Å². The number of carboxylic acids is 1. The van der Waals surface area contributed by atoms with Gasteiger partial charge >= 0.3 is 5.97 Å². The van der Waals surface area contributed by atoms with E-state index in [1.165, 1.54) is 24.3 Å². The van der Waals surface area contributed by atoms with E-state index >= 15 is 0 Å². The van der Waals surface area contributed by atoms with Crippen molar-refractivity contribution in [2.45, 2.75) is 5.67 Å². The van der Waals surface area contributed by atoms with E-state index in [1.54, 1.807) is 36.4 Å². The quantitative estimate of drug-likeness (QED) is 0.866. The van der Waals surface area contributed by atoms with E-state index in [2.05, 4.69) is 15.9 Å². The summed E-state index contributed by atoms with van der Waals surface area (Å²) in [6.07, 6.45) is 0. The third-order valence-electron chi connectivity index (χ3n) is 2.64. The highest BCUT2D eigenvalue weighted by molar-refractivity contribution is 9.08. The van der Waals surface area contributed by atoms with Crippen LogP contribution in [0.3, 0.4) is 0 Å². The molecule has 100 valence electrons. The third kappa shape index (κ3) is 3.20. The third-order valence-corrected chi connectivity index (χ3v) is 2.64. The van der Waals surface area contributed by atoms with Crippen LogP contribution in [-0.2, 0) is 10.5 Å². The van der Waals surface area contributed by atoms with E-state index in [4.69, 9.17) is 5.11 Å². The summed E-state index contributed by atoms with van der Waals surface area (Å²) in [6.45, 7) is 0. The molecule has 2 rings (SSSR count). The lowest BCUT2D eigenvalue weighted by Gasteiger charge is -2.21. The Balaban J connectivity index is 0.000000861. The fraction of sp³-hybridized carbons (Fsp3) is 0.133. The van der Waals surface area contributed by atoms with Crippen LogP contribution < -0.4 is 0 Å². The molecule has 0 spiro atoms. The fourth-order valence-electron chi connectivity index (χ4n) is 1.75. The minimum atomic E-state index is -2.50. The Morgan fingerprint density at radius 2 is 1.26 bits per heavy atom. The lowest BCUT2D eigenvalue weighted by atomic mass is 9.88. The Kier molecular flexibility index (Phi) is 5.70. The first-order chi connectivity index (χ1) is 9.15. The van der Waals surface area contributed by atoms with Gasteiger partial charge in [0.2, 0.25) is 0 Å². The van der Waals surface area contributed by atoms with Crippen molar-refractivity contribution in [3.05, 3.63) is 71.8 Å². The molecule has 0 aromatic heterocycles. The molecule has 0 amide bonds. The predicted octanol–water partition coefficient (Wildman–Crippen LogP) is 4.00. The summed E-state index contributed by atoms with van der Waals surface area (Å²) in [5, 5.41) is 9.16. The lowest BCUT2D eigenvalue weighted by Crippen LogP contribution is -2.32. The zero-order valence-electron chi connectivity index (χ0n) is 10.4. The number of aliphatic carboxylic acids is 1. The van der Waals surface area contributed by atoms with Gasteiger partial charge in [0, 0.05) is 11.1 Å². The second-order valence-electron chi connectivity index (χ2n) is 3.70. The molecule has 0 aliphatic heterocycles. The van der Waals surface area contributed by atoms with E-state index in [0.717, 1.165) is 0 Å². The summed E-state index contributed by atoms with van der Waals surface area (Å²) in [5.74, 6) is 0.308. The summed E-state index contributed by atoms with van der Waals surface area (Å²) in [4.78, 5) is 11.2. The van der Waals surface area contributed by atoms with Crippen LogP contribution in [-0.4, -0.2) is 16.9 Å². The van der Waals surface area contributed by atoms with Crippen LogP contribution in [0.15, 0.2) is 60.7 Å². The number of benzene rings is 2. The van der Waals surface area contributed by atoms with Crippen molar-refractivity contribution in [3.63, 3.8) is 0 Å². The molecule has 0 aliphatic carbocycles. The first-order valence-corrected chi connectivity index (χ1v) is 7.15. The van der Waals surface area contributed by atoms with Crippen LogP contribution in [0.5, 0.6) is 0 Å². The summed E-state index contributed by atoms with van der Waals surface area (Å²) >= 11 is 2.94. The van der Waals surface area contributed by atoms with Gasteiger partial charge in [-0.3, -0.25) is 0 Å². The first-order valence-electron chi connectivity index (χ1n) is 5.57. The number of halogens is 2. The molecule has 19 heavy (non-hydrogen) atoms. The molecule has 4 heteroatoms. The predicted molar refractivity (Wildman–Crippen MR) is 77.3 cm³/mol. The summed E-state index contributed by atoms with van der Waals surface area (Å²) < 4.78 is 14.8. The van der Waals surface area contributed by atoms with Gasteiger partial charge in [0.1, 0.15) is 0 Å². The molecule has 2 aromatic carbocycles. The summed E-state index contributed by atoms with van der Waals surface area (Å²) in [6, 6.07) is 15.8. The average Bonchev–Trinajstić information content (AvgIpc) is 2.50. The van der Waals surface area contributed by atoms with Crippen molar-refractivity contribution in [3.8, 4) is 0 Å². The fourth-order valence-corrected chi connectivity index (χ4v) is 1.75. The van der Waals surface area contributed by atoms with Crippen molar-refractivity contribution in [1.29, 1.82) is 0 Å². The van der Waals surface area contributed by atoms with Gasteiger partial charge in [0.25, 0.3) is 5.67 Å². The number of rotatable bonds is 3. The maximum absolute atomic E-state index is 14.8. The highest BCUT2D eigenvalue weighted by Crippen LogP contribution is 2.33. The van der Waals surface area contributed by atoms with Crippen molar-refractivity contribution in [1.82, 2.24) is 0 Å². The molecule has 0 saturated heterocycles. The van der Waals surface area contributed by atoms with Crippen LogP contribution in [0.25, 0.3) is 0 Å². The molecule has 1 N–H and O–H groups in total. The van der Waals surface area contributed by atoms with Crippen molar-refractivity contribution in [2.24, 2.45) is 0 Å². The van der Waals surface area contributed by atoms with Crippen molar-refractivity contribution < 1.29 is 14.3 Å². The SMILES string of the molecule is CBr.O=C(O)C(F)(c1ccccc1)c1ccccc1. The smallest absolute Gasteiger partial charge is 0.350 e. The van der Waals surface area contributed by atoms with Gasteiger partial charge < -0.3 is 5.11 Å². The largest absolute Gasteiger partial charge is 0.478 e. The van der Waals surface area contributed by atoms with Gasteiger partial charge in [0.05, 0.1) is 0 Å². The Hall–Kier alpha value is -1.68. The van der Waals surface area contributed by atoms with E-state index in [1.807, 2.05) is 5.83 Å². The first kappa shape index (κ1) is 15.4. The van der Waals surface area contributed by atoms with E-state index in [9.17, 15) is 9.18 Å². The van der Waals surface area contributed by atoms with E-state index < -0.39 is 11.6 Å². The van der Waals surface area contributed by atoms with Crippen LogP contribution in [0.2, 0.25) is 0 Å². The standard InChI is InChI=1S/C14H11FO2.CH3Br/c15-14(13(16)17,11-7-3-1-4-8-11)12-9-5-2-6-10-12;1-2/h1-10H,(H,16,17);1H3. The van der Waals surface area contributed by atoms with Gasteiger partial charge in [-0.2, -0.15) is 0 Å². The van der Waals surface area contributed by atoms with Gasteiger partial charge in [-0.25, -0.2) is 9.18 Å². The molecule has 2 aromatic rings. The normalized spacial score (nSPS) is 10.3. The lowest BCUT2D eigenvalue weighted by molar-refractivity contribution is -0.148. The minimum Gasteiger partial charge on any atom is -0.478 e. The highest BCUT2D eigenvalue weighted by Gasteiger charge is 2.42.